The second-order valence-corrected chi connectivity index (χ2v) is 4.60. The molecule has 2 N–H and O–H groups in total. The third-order valence-corrected chi connectivity index (χ3v) is 3.18. The zero-order chi connectivity index (χ0) is 12.5. The van der Waals surface area contributed by atoms with Gasteiger partial charge in [-0.15, -0.1) is 0 Å². The Labute approximate surface area is 104 Å². The molecule has 1 aromatic heterocycles. The zero-order valence-corrected chi connectivity index (χ0v) is 11.1. The molecule has 0 aliphatic heterocycles. The Morgan fingerprint density at radius 2 is 2.06 bits per heavy atom. The summed E-state index contributed by atoms with van der Waals surface area (Å²) in [6.45, 7) is 5.14. The first kappa shape index (κ1) is 14.2. The van der Waals surface area contributed by atoms with Crippen LogP contribution in [0.15, 0.2) is 4.52 Å². The molecule has 1 aromatic rings. The van der Waals surface area contributed by atoms with Gasteiger partial charge in [0.15, 0.2) is 5.82 Å². The minimum Gasteiger partial charge on any atom is -0.339 e. The summed E-state index contributed by atoms with van der Waals surface area (Å²) in [5, 5.41) is 3.99. The Morgan fingerprint density at radius 1 is 1.24 bits per heavy atom. The van der Waals surface area contributed by atoms with E-state index in [0.717, 1.165) is 56.8 Å². The number of aryl methyl sites for hydroxylation is 2. The van der Waals surface area contributed by atoms with Gasteiger partial charge in [-0.1, -0.05) is 31.8 Å². The molecule has 0 saturated carbocycles. The van der Waals surface area contributed by atoms with E-state index in [1.165, 1.54) is 6.42 Å². The van der Waals surface area contributed by atoms with E-state index >= 15 is 0 Å². The fourth-order valence-electron chi connectivity index (χ4n) is 1.94. The SMILES string of the molecule is CCCCc1noc(CCC(CC)CCN)n1. The van der Waals surface area contributed by atoms with Gasteiger partial charge in [-0.3, -0.25) is 0 Å². The van der Waals surface area contributed by atoms with Gasteiger partial charge in [0, 0.05) is 12.8 Å². The predicted molar refractivity (Wildman–Crippen MR) is 68.7 cm³/mol. The molecule has 0 saturated heterocycles. The molecule has 1 atom stereocenters. The summed E-state index contributed by atoms with van der Waals surface area (Å²) >= 11 is 0. The van der Waals surface area contributed by atoms with Gasteiger partial charge in [0.2, 0.25) is 5.89 Å². The van der Waals surface area contributed by atoms with E-state index in [-0.39, 0.29) is 0 Å². The van der Waals surface area contributed by atoms with Crippen molar-refractivity contribution >= 4 is 0 Å². The van der Waals surface area contributed by atoms with Crippen LogP contribution in [-0.2, 0) is 12.8 Å². The Balaban J connectivity index is 2.32. The highest BCUT2D eigenvalue weighted by molar-refractivity contribution is 4.87. The average molecular weight is 239 g/mol. The van der Waals surface area contributed by atoms with Crippen molar-refractivity contribution in [3.05, 3.63) is 11.7 Å². The van der Waals surface area contributed by atoms with Crippen LogP contribution in [0.25, 0.3) is 0 Å². The van der Waals surface area contributed by atoms with Gasteiger partial charge in [-0.05, 0) is 31.7 Å². The van der Waals surface area contributed by atoms with Crippen LogP contribution in [-0.4, -0.2) is 16.7 Å². The zero-order valence-electron chi connectivity index (χ0n) is 11.1. The van der Waals surface area contributed by atoms with E-state index < -0.39 is 0 Å². The summed E-state index contributed by atoms with van der Waals surface area (Å²) in [6, 6.07) is 0. The summed E-state index contributed by atoms with van der Waals surface area (Å²) in [5.74, 6) is 2.33. The average Bonchev–Trinajstić information content (AvgIpc) is 2.80. The molecule has 0 spiro atoms. The molecule has 0 bridgehead atoms. The number of rotatable bonds is 9. The minimum atomic E-state index is 0.686. The lowest BCUT2D eigenvalue weighted by Gasteiger charge is -2.11. The maximum Gasteiger partial charge on any atom is 0.226 e. The lowest BCUT2D eigenvalue weighted by molar-refractivity contribution is 0.350. The molecule has 0 aliphatic rings. The Hall–Kier alpha value is -0.900. The molecule has 4 nitrogen and oxygen atoms in total. The highest BCUT2D eigenvalue weighted by Gasteiger charge is 2.10. The topological polar surface area (TPSA) is 64.9 Å². The summed E-state index contributed by atoms with van der Waals surface area (Å²) in [5.41, 5.74) is 5.58. The minimum absolute atomic E-state index is 0.686. The quantitative estimate of drug-likeness (QED) is 0.719. The third-order valence-electron chi connectivity index (χ3n) is 3.18. The third kappa shape index (κ3) is 5.31. The maximum absolute atomic E-state index is 5.58. The second kappa shape index (κ2) is 8.23. The molecule has 1 unspecified atom stereocenters. The smallest absolute Gasteiger partial charge is 0.226 e. The lowest BCUT2D eigenvalue weighted by atomic mass is 9.97. The van der Waals surface area contributed by atoms with Crippen LogP contribution in [0.5, 0.6) is 0 Å². The van der Waals surface area contributed by atoms with Gasteiger partial charge in [-0.2, -0.15) is 4.98 Å². The first-order chi connectivity index (χ1) is 8.30. The number of hydrogen-bond acceptors (Lipinski definition) is 4. The molecule has 0 fully saturated rings. The van der Waals surface area contributed by atoms with E-state index in [1.807, 2.05) is 0 Å². The largest absolute Gasteiger partial charge is 0.339 e. The van der Waals surface area contributed by atoms with E-state index in [0.29, 0.717) is 5.92 Å². The molecule has 0 aromatic carbocycles. The van der Waals surface area contributed by atoms with E-state index in [9.17, 15) is 0 Å². The van der Waals surface area contributed by atoms with Crippen molar-refractivity contribution in [1.29, 1.82) is 0 Å². The van der Waals surface area contributed by atoms with Crippen molar-refractivity contribution in [1.82, 2.24) is 10.1 Å². The van der Waals surface area contributed by atoms with Gasteiger partial charge < -0.3 is 10.3 Å². The van der Waals surface area contributed by atoms with Crippen LogP contribution in [0.2, 0.25) is 0 Å². The van der Waals surface area contributed by atoms with Crippen molar-refractivity contribution in [3.63, 3.8) is 0 Å². The van der Waals surface area contributed by atoms with Crippen molar-refractivity contribution in [2.75, 3.05) is 6.54 Å². The monoisotopic (exact) mass is 239 g/mol. The van der Waals surface area contributed by atoms with E-state index in [2.05, 4.69) is 24.0 Å². The molecule has 17 heavy (non-hydrogen) atoms. The van der Waals surface area contributed by atoms with Crippen LogP contribution < -0.4 is 5.73 Å². The van der Waals surface area contributed by atoms with Crippen molar-refractivity contribution in [2.45, 2.75) is 58.8 Å². The fourth-order valence-corrected chi connectivity index (χ4v) is 1.94. The second-order valence-electron chi connectivity index (χ2n) is 4.60. The van der Waals surface area contributed by atoms with Gasteiger partial charge in [0.1, 0.15) is 0 Å². The summed E-state index contributed by atoms with van der Waals surface area (Å²) in [6.07, 6.45) is 7.48. The summed E-state index contributed by atoms with van der Waals surface area (Å²) < 4.78 is 5.24. The van der Waals surface area contributed by atoms with Crippen LogP contribution >= 0.6 is 0 Å². The van der Waals surface area contributed by atoms with Crippen LogP contribution in [0.4, 0.5) is 0 Å². The van der Waals surface area contributed by atoms with Crippen molar-refractivity contribution in [3.8, 4) is 0 Å². The van der Waals surface area contributed by atoms with Crippen molar-refractivity contribution in [2.24, 2.45) is 11.7 Å². The highest BCUT2D eigenvalue weighted by atomic mass is 16.5. The van der Waals surface area contributed by atoms with Gasteiger partial charge in [0.25, 0.3) is 0 Å². The lowest BCUT2D eigenvalue weighted by Crippen LogP contribution is -2.09. The Morgan fingerprint density at radius 3 is 2.71 bits per heavy atom. The molecule has 4 heteroatoms. The van der Waals surface area contributed by atoms with Crippen LogP contribution in [0, 0.1) is 5.92 Å². The predicted octanol–water partition coefficient (Wildman–Crippen LogP) is 2.72. The molecule has 1 rings (SSSR count). The Bertz CT molecular complexity index is 299. The first-order valence-electron chi connectivity index (χ1n) is 6.81. The number of aromatic nitrogens is 2. The molecule has 1 heterocycles. The van der Waals surface area contributed by atoms with E-state index in [4.69, 9.17) is 10.3 Å². The van der Waals surface area contributed by atoms with E-state index in [1.54, 1.807) is 0 Å². The molecule has 98 valence electrons. The number of nitrogens with two attached hydrogens (primary N) is 1. The van der Waals surface area contributed by atoms with Gasteiger partial charge >= 0.3 is 0 Å². The number of hydrogen-bond donors (Lipinski definition) is 1. The standard InChI is InChI=1S/C13H25N3O/c1-3-5-6-12-15-13(17-16-12)8-7-11(4-2)9-10-14/h11H,3-10,14H2,1-2H3. The van der Waals surface area contributed by atoms with Crippen LogP contribution in [0.1, 0.15) is 57.7 Å². The Kier molecular flexibility index (Phi) is 6.86. The molecular weight excluding hydrogens is 214 g/mol. The van der Waals surface area contributed by atoms with Crippen LogP contribution in [0.3, 0.4) is 0 Å². The summed E-state index contributed by atoms with van der Waals surface area (Å²) in [4.78, 5) is 4.41. The number of unbranched alkanes of at least 4 members (excludes halogenated alkanes) is 1. The maximum atomic E-state index is 5.58. The normalized spacial score (nSPS) is 12.9. The van der Waals surface area contributed by atoms with Gasteiger partial charge in [0.05, 0.1) is 0 Å². The van der Waals surface area contributed by atoms with Gasteiger partial charge in [-0.25, -0.2) is 0 Å². The van der Waals surface area contributed by atoms with Crippen molar-refractivity contribution < 1.29 is 4.52 Å². The molecule has 0 aliphatic carbocycles. The highest BCUT2D eigenvalue weighted by Crippen LogP contribution is 2.15. The number of nitrogens with zero attached hydrogens (tertiary/aromatic N) is 2. The molecular formula is C13H25N3O. The molecule has 0 amide bonds. The molecule has 0 radical (unpaired) electrons. The first-order valence-corrected chi connectivity index (χ1v) is 6.81. The summed E-state index contributed by atoms with van der Waals surface area (Å²) in [7, 11) is 0. The fraction of sp³-hybridized carbons (Fsp3) is 0.846.